The minimum absolute atomic E-state index is 0.212. The van der Waals surface area contributed by atoms with Crippen molar-refractivity contribution in [3.05, 3.63) is 70.3 Å². The van der Waals surface area contributed by atoms with Gasteiger partial charge in [-0.2, -0.15) is 0 Å². The molecule has 24 heavy (non-hydrogen) atoms. The molecule has 2 aromatic rings. The van der Waals surface area contributed by atoms with Crippen molar-refractivity contribution in [1.29, 1.82) is 0 Å². The molecule has 1 heterocycles. The van der Waals surface area contributed by atoms with Crippen LogP contribution in [-0.4, -0.2) is 19.1 Å². The van der Waals surface area contributed by atoms with Crippen molar-refractivity contribution in [2.24, 2.45) is 0 Å². The van der Waals surface area contributed by atoms with E-state index in [1.165, 1.54) is 5.56 Å². The van der Waals surface area contributed by atoms with Crippen molar-refractivity contribution in [3.8, 4) is 0 Å². The van der Waals surface area contributed by atoms with Gasteiger partial charge in [0.05, 0.1) is 5.56 Å². The molecule has 0 atom stereocenters. The van der Waals surface area contributed by atoms with Gasteiger partial charge in [0, 0.05) is 12.8 Å². The lowest BCUT2D eigenvalue weighted by Crippen LogP contribution is -2.43. The van der Waals surface area contributed by atoms with Crippen molar-refractivity contribution in [1.82, 2.24) is 5.32 Å². The molecule has 1 saturated heterocycles. The van der Waals surface area contributed by atoms with Crippen molar-refractivity contribution in [2.75, 3.05) is 13.1 Å². The van der Waals surface area contributed by atoms with Gasteiger partial charge in [0.1, 0.15) is 5.60 Å². The van der Waals surface area contributed by atoms with Crippen LogP contribution >= 0.6 is 0 Å². The SMILES string of the molecule is Cc1cc(C)c(C(=O)OC2(c3ccccc3)CCNCC2)c(C)c1. The standard InChI is InChI=1S/C21H25NO2/c1-15-13-16(2)19(17(3)14-15)20(23)24-21(9-11-22-12-10-21)18-7-5-4-6-8-18/h4-8,13-14,22H,9-12H2,1-3H3. The van der Waals surface area contributed by atoms with Crippen LogP contribution in [0.4, 0.5) is 0 Å². The minimum Gasteiger partial charge on any atom is -0.450 e. The van der Waals surface area contributed by atoms with E-state index in [9.17, 15) is 4.79 Å². The number of aryl methyl sites for hydroxylation is 3. The summed E-state index contributed by atoms with van der Waals surface area (Å²) in [5.41, 5.74) is 4.38. The zero-order chi connectivity index (χ0) is 17.2. The highest BCUT2D eigenvalue weighted by molar-refractivity contribution is 5.93. The molecule has 1 fully saturated rings. The van der Waals surface area contributed by atoms with Crippen molar-refractivity contribution in [2.45, 2.75) is 39.2 Å². The van der Waals surface area contributed by atoms with Gasteiger partial charge in [0.25, 0.3) is 0 Å². The molecule has 0 bridgehead atoms. The summed E-state index contributed by atoms with van der Waals surface area (Å²) < 4.78 is 6.17. The summed E-state index contributed by atoms with van der Waals surface area (Å²) in [4.78, 5) is 13.0. The average Bonchev–Trinajstić information content (AvgIpc) is 2.55. The predicted molar refractivity (Wildman–Crippen MR) is 96.3 cm³/mol. The first-order valence-electron chi connectivity index (χ1n) is 8.59. The van der Waals surface area contributed by atoms with Gasteiger partial charge < -0.3 is 10.1 Å². The Morgan fingerprint density at radius 2 is 1.58 bits per heavy atom. The van der Waals surface area contributed by atoms with Gasteiger partial charge in [0.15, 0.2) is 0 Å². The molecule has 0 amide bonds. The van der Waals surface area contributed by atoms with Crippen LogP contribution in [0.25, 0.3) is 0 Å². The zero-order valence-electron chi connectivity index (χ0n) is 14.7. The highest BCUT2D eigenvalue weighted by Crippen LogP contribution is 2.36. The fourth-order valence-corrected chi connectivity index (χ4v) is 3.75. The number of carbonyl (C=O) groups is 1. The van der Waals surface area contributed by atoms with Gasteiger partial charge in [-0.05, 0) is 50.6 Å². The first kappa shape index (κ1) is 16.7. The highest BCUT2D eigenvalue weighted by Gasteiger charge is 2.38. The molecule has 0 unspecified atom stereocenters. The molecule has 0 spiro atoms. The van der Waals surface area contributed by atoms with Crippen LogP contribution in [0.1, 0.15) is 45.5 Å². The Kier molecular flexibility index (Phi) is 4.72. The van der Waals surface area contributed by atoms with Gasteiger partial charge in [0.2, 0.25) is 0 Å². The number of piperidine rings is 1. The fourth-order valence-electron chi connectivity index (χ4n) is 3.75. The summed E-state index contributed by atoms with van der Waals surface area (Å²) in [6.45, 7) is 7.72. The highest BCUT2D eigenvalue weighted by atomic mass is 16.6. The summed E-state index contributed by atoms with van der Waals surface area (Å²) in [5, 5.41) is 3.36. The molecule has 1 N–H and O–H groups in total. The molecule has 126 valence electrons. The smallest absolute Gasteiger partial charge is 0.339 e. The number of hydrogen-bond donors (Lipinski definition) is 1. The van der Waals surface area contributed by atoms with Gasteiger partial charge in [-0.25, -0.2) is 4.79 Å². The van der Waals surface area contributed by atoms with Crippen LogP contribution in [0, 0.1) is 20.8 Å². The molecule has 3 nitrogen and oxygen atoms in total. The average molecular weight is 323 g/mol. The fraction of sp³-hybridized carbons (Fsp3) is 0.381. The molecule has 2 aromatic carbocycles. The maximum Gasteiger partial charge on any atom is 0.339 e. The topological polar surface area (TPSA) is 38.3 Å². The van der Waals surface area contributed by atoms with E-state index in [2.05, 4.69) is 17.4 Å². The Morgan fingerprint density at radius 3 is 2.17 bits per heavy atom. The second kappa shape index (κ2) is 6.78. The Bertz CT molecular complexity index is 708. The van der Waals surface area contributed by atoms with Gasteiger partial charge in [-0.1, -0.05) is 48.0 Å². The van der Waals surface area contributed by atoms with E-state index in [0.717, 1.165) is 42.6 Å². The third kappa shape index (κ3) is 3.22. The minimum atomic E-state index is -0.534. The Balaban J connectivity index is 1.95. The Hall–Kier alpha value is -2.13. The van der Waals surface area contributed by atoms with E-state index in [1.54, 1.807) is 0 Å². The quantitative estimate of drug-likeness (QED) is 0.866. The second-order valence-electron chi connectivity index (χ2n) is 6.77. The molecule has 1 aliphatic rings. The zero-order valence-corrected chi connectivity index (χ0v) is 14.7. The van der Waals surface area contributed by atoms with Crippen molar-refractivity contribution >= 4 is 5.97 Å². The molecule has 0 saturated carbocycles. The number of nitrogens with one attached hydrogen (secondary N) is 1. The summed E-state index contributed by atoms with van der Waals surface area (Å²) in [7, 11) is 0. The molecule has 3 rings (SSSR count). The van der Waals surface area contributed by atoms with Crippen LogP contribution in [0.15, 0.2) is 42.5 Å². The van der Waals surface area contributed by atoms with Crippen molar-refractivity contribution in [3.63, 3.8) is 0 Å². The van der Waals surface area contributed by atoms with Crippen LogP contribution in [0.2, 0.25) is 0 Å². The first-order chi connectivity index (χ1) is 11.5. The monoisotopic (exact) mass is 323 g/mol. The Morgan fingerprint density at radius 1 is 1.00 bits per heavy atom. The van der Waals surface area contributed by atoms with Gasteiger partial charge in [-0.3, -0.25) is 0 Å². The van der Waals surface area contributed by atoms with E-state index in [-0.39, 0.29) is 5.97 Å². The maximum absolute atomic E-state index is 13.0. The lowest BCUT2D eigenvalue weighted by molar-refractivity contribution is -0.0379. The van der Waals surface area contributed by atoms with E-state index < -0.39 is 5.60 Å². The number of ether oxygens (including phenoxy) is 1. The summed E-state index contributed by atoms with van der Waals surface area (Å²) in [6, 6.07) is 14.2. The lowest BCUT2D eigenvalue weighted by Gasteiger charge is -2.37. The van der Waals surface area contributed by atoms with E-state index in [4.69, 9.17) is 4.74 Å². The molecule has 1 aliphatic heterocycles. The van der Waals surface area contributed by atoms with Crippen LogP contribution in [0.3, 0.4) is 0 Å². The normalized spacial score (nSPS) is 16.6. The summed E-state index contributed by atoms with van der Waals surface area (Å²) >= 11 is 0. The number of benzene rings is 2. The summed E-state index contributed by atoms with van der Waals surface area (Å²) in [6.07, 6.45) is 1.60. The molecule has 3 heteroatoms. The third-order valence-corrected chi connectivity index (χ3v) is 4.88. The van der Waals surface area contributed by atoms with Crippen LogP contribution in [0.5, 0.6) is 0 Å². The maximum atomic E-state index is 13.0. The van der Waals surface area contributed by atoms with Crippen LogP contribution in [-0.2, 0) is 10.3 Å². The van der Waals surface area contributed by atoms with Crippen LogP contribution < -0.4 is 5.32 Å². The van der Waals surface area contributed by atoms with Crippen molar-refractivity contribution < 1.29 is 9.53 Å². The third-order valence-electron chi connectivity index (χ3n) is 4.88. The summed E-state index contributed by atoms with van der Waals surface area (Å²) in [5.74, 6) is -0.212. The number of carbonyl (C=O) groups excluding carboxylic acids is 1. The lowest BCUT2D eigenvalue weighted by atomic mass is 9.84. The number of esters is 1. The molecule has 0 radical (unpaired) electrons. The molecular weight excluding hydrogens is 298 g/mol. The Labute approximate surface area is 144 Å². The number of hydrogen-bond acceptors (Lipinski definition) is 3. The largest absolute Gasteiger partial charge is 0.450 e. The van der Waals surface area contributed by atoms with E-state index in [1.807, 2.05) is 51.1 Å². The second-order valence-corrected chi connectivity index (χ2v) is 6.77. The first-order valence-corrected chi connectivity index (χ1v) is 8.59. The molecular formula is C21H25NO2. The predicted octanol–water partition coefficient (Wildman–Crippen LogP) is 4.05. The number of rotatable bonds is 3. The van der Waals surface area contributed by atoms with Gasteiger partial charge >= 0.3 is 5.97 Å². The van der Waals surface area contributed by atoms with E-state index in [0.29, 0.717) is 5.56 Å². The molecule has 0 aromatic heterocycles. The molecule has 0 aliphatic carbocycles. The van der Waals surface area contributed by atoms with Gasteiger partial charge in [-0.15, -0.1) is 0 Å². The van der Waals surface area contributed by atoms with E-state index >= 15 is 0 Å².